The first kappa shape index (κ1) is 12.1. The Hall–Kier alpha value is -0.900. The van der Waals surface area contributed by atoms with Gasteiger partial charge in [0.2, 0.25) is 0 Å². The molecule has 0 unspecified atom stereocenters. The third-order valence-electron chi connectivity index (χ3n) is 1.37. The van der Waals surface area contributed by atoms with Crippen LogP contribution in [-0.4, -0.2) is 29.1 Å². The highest BCUT2D eigenvalue weighted by molar-refractivity contribution is 5.76. The summed E-state index contributed by atoms with van der Waals surface area (Å²) in [4.78, 5) is 21.6. The van der Waals surface area contributed by atoms with E-state index in [1.807, 2.05) is 0 Å². The molecule has 0 bridgehead atoms. The molecule has 0 amide bonds. The van der Waals surface area contributed by atoms with E-state index >= 15 is 0 Å². The first-order valence-corrected chi connectivity index (χ1v) is 4.28. The van der Waals surface area contributed by atoms with Crippen LogP contribution in [0.5, 0.6) is 0 Å². The zero-order valence-electron chi connectivity index (χ0n) is 8.24. The minimum atomic E-state index is -0.697. The molecule has 0 aliphatic heterocycles. The third-order valence-corrected chi connectivity index (χ3v) is 1.37. The Morgan fingerprint density at radius 1 is 1.31 bits per heavy atom. The van der Waals surface area contributed by atoms with E-state index in [0.717, 1.165) is 0 Å². The molecule has 4 nitrogen and oxygen atoms in total. The second kappa shape index (κ2) is 5.70. The van der Waals surface area contributed by atoms with Gasteiger partial charge in [0.25, 0.3) is 0 Å². The summed E-state index contributed by atoms with van der Waals surface area (Å²) in [6.07, 6.45) is -0.894. The summed E-state index contributed by atoms with van der Waals surface area (Å²) in [6, 6.07) is 0. The van der Waals surface area contributed by atoms with Crippen molar-refractivity contribution in [2.75, 3.05) is 0 Å². The van der Waals surface area contributed by atoms with Crippen LogP contribution in [0.4, 0.5) is 0 Å². The van der Waals surface area contributed by atoms with Crippen LogP contribution < -0.4 is 0 Å². The molecule has 2 atom stereocenters. The summed E-state index contributed by atoms with van der Waals surface area (Å²) in [7, 11) is 0. The number of rotatable bonds is 5. The lowest BCUT2D eigenvalue weighted by Gasteiger charge is -2.12. The lowest BCUT2D eigenvalue weighted by molar-refractivity contribution is -0.150. The van der Waals surface area contributed by atoms with E-state index in [-0.39, 0.29) is 18.6 Å². The topological polar surface area (TPSA) is 63.6 Å². The second-order valence-electron chi connectivity index (χ2n) is 3.26. The van der Waals surface area contributed by atoms with Gasteiger partial charge in [-0.2, -0.15) is 0 Å². The average molecular weight is 188 g/mol. The highest BCUT2D eigenvalue weighted by Gasteiger charge is 2.12. The maximum atomic E-state index is 11.0. The first-order chi connectivity index (χ1) is 5.91. The molecule has 0 radical (unpaired) electrons. The van der Waals surface area contributed by atoms with Crippen LogP contribution in [0, 0.1) is 0 Å². The smallest absolute Gasteiger partial charge is 0.308 e. The minimum absolute atomic E-state index is 0.0163. The Bertz CT molecular complexity index is 186. The fourth-order valence-electron chi connectivity index (χ4n) is 0.960. The van der Waals surface area contributed by atoms with Crippen molar-refractivity contribution in [1.29, 1.82) is 0 Å². The van der Waals surface area contributed by atoms with Gasteiger partial charge in [-0.15, -0.1) is 0 Å². The molecule has 76 valence electrons. The molecule has 13 heavy (non-hydrogen) atoms. The lowest BCUT2D eigenvalue weighted by Crippen LogP contribution is -2.20. The average Bonchev–Trinajstić information content (AvgIpc) is 1.80. The number of ketones is 1. The van der Waals surface area contributed by atoms with Gasteiger partial charge in [0.1, 0.15) is 11.9 Å². The van der Waals surface area contributed by atoms with Gasteiger partial charge in [-0.25, -0.2) is 0 Å². The van der Waals surface area contributed by atoms with Gasteiger partial charge < -0.3 is 9.84 Å². The maximum Gasteiger partial charge on any atom is 0.308 e. The number of ether oxygens (including phenoxy) is 1. The van der Waals surface area contributed by atoms with E-state index in [1.165, 1.54) is 13.8 Å². The fourth-order valence-corrected chi connectivity index (χ4v) is 0.960. The Labute approximate surface area is 77.9 Å². The SMILES string of the molecule is CC(=O)C[C@@H](C)OC(=O)C[C@@H](C)O. The molecular weight excluding hydrogens is 172 g/mol. The van der Waals surface area contributed by atoms with Crippen molar-refractivity contribution < 1.29 is 19.4 Å². The van der Waals surface area contributed by atoms with Crippen LogP contribution in [0.2, 0.25) is 0 Å². The normalized spacial score (nSPS) is 14.8. The molecule has 1 N–H and O–H groups in total. The zero-order chi connectivity index (χ0) is 10.4. The molecule has 0 aliphatic rings. The molecule has 0 fully saturated rings. The van der Waals surface area contributed by atoms with Gasteiger partial charge >= 0.3 is 5.97 Å². The van der Waals surface area contributed by atoms with Crippen LogP contribution >= 0.6 is 0 Å². The van der Waals surface area contributed by atoms with E-state index in [4.69, 9.17) is 9.84 Å². The van der Waals surface area contributed by atoms with Crippen LogP contribution in [0.1, 0.15) is 33.6 Å². The summed E-state index contributed by atoms with van der Waals surface area (Å²) in [5.41, 5.74) is 0. The van der Waals surface area contributed by atoms with Crippen LogP contribution in [0.15, 0.2) is 0 Å². The van der Waals surface area contributed by atoms with Crippen molar-refractivity contribution in [3.8, 4) is 0 Å². The van der Waals surface area contributed by atoms with Gasteiger partial charge in [-0.05, 0) is 20.8 Å². The number of esters is 1. The quantitative estimate of drug-likeness (QED) is 0.644. The van der Waals surface area contributed by atoms with Crippen molar-refractivity contribution in [2.24, 2.45) is 0 Å². The lowest BCUT2D eigenvalue weighted by atomic mass is 10.2. The van der Waals surface area contributed by atoms with Crippen molar-refractivity contribution in [1.82, 2.24) is 0 Å². The molecule has 0 saturated heterocycles. The molecule has 0 rings (SSSR count). The van der Waals surface area contributed by atoms with Crippen molar-refractivity contribution >= 4 is 11.8 Å². The number of aliphatic hydroxyl groups is 1. The molecule has 0 aromatic heterocycles. The van der Waals surface area contributed by atoms with Crippen molar-refractivity contribution in [3.63, 3.8) is 0 Å². The number of carbonyl (C=O) groups is 2. The van der Waals surface area contributed by atoms with Crippen LogP contribution in [0.3, 0.4) is 0 Å². The van der Waals surface area contributed by atoms with Crippen LogP contribution in [-0.2, 0) is 14.3 Å². The van der Waals surface area contributed by atoms with Crippen molar-refractivity contribution in [2.45, 2.75) is 45.8 Å². The summed E-state index contributed by atoms with van der Waals surface area (Å²) in [6.45, 7) is 4.61. The predicted octanol–water partition coefficient (Wildman–Crippen LogP) is 0.668. The van der Waals surface area contributed by atoms with Crippen molar-refractivity contribution in [3.05, 3.63) is 0 Å². The third kappa shape index (κ3) is 7.46. The zero-order valence-corrected chi connectivity index (χ0v) is 8.24. The van der Waals surface area contributed by atoms with Gasteiger partial charge in [-0.3, -0.25) is 9.59 Å². The Kier molecular flexibility index (Phi) is 5.30. The van der Waals surface area contributed by atoms with Gasteiger partial charge in [0.15, 0.2) is 0 Å². The maximum absolute atomic E-state index is 11.0. The largest absolute Gasteiger partial charge is 0.462 e. The number of Topliss-reactive ketones (excluding diaryl/α,β-unsaturated/α-hetero) is 1. The minimum Gasteiger partial charge on any atom is -0.462 e. The van der Waals surface area contributed by atoms with E-state index in [1.54, 1.807) is 6.92 Å². The molecular formula is C9H16O4. The number of hydrogen-bond donors (Lipinski definition) is 1. The molecule has 0 spiro atoms. The number of aliphatic hydroxyl groups excluding tert-OH is 1. The molecule has 0 aromatic rings. The molecule has 0 aliphatic carbocycles. The highest BCUT2D eigenvalue weighted by atomic mass is 16.5. The van der Waals surface area contributed by atoms with Crippen LogP contribution in [0.25, 0.3) is 0 Å². The standard InChI is InChI=1S/C9H16O4/c1-6(10)4-8(3)13-9(12)5-7(2)11/h7-8,11H,4-5H2,1-3H3/t7-,8-/m1/s1. The number of hydrogen-bond acceptors (Lipinski definition) is 4. The highest BCUT2D eigenvalue weighted by Crippen LogP contribution is 2.02. The van der Waals surface area contributed by atoms with E-state index < -0.39 is 18.2 Å². The Morgan fingerprint density at radius 3 is 2.23 bits per heavy atom. The second-order valence-corrected chi connectivity index (χ2v) is 3.26. The summed E-state index contributed by atoms with van der Waals surface area (Å²) in [5.74, 6) is -0.485. The summed E-state index contributed by atoms with van der Waals surface area (Å²) >= 11 is 0. The van der Waals surface area contributed by atoms with E-state index in [0.29, 0.717) is 0 Å². The summed E-state index contributed by atoms with van der Waals surface area (Å²) < 4.78 is 4.85. The van der Waals surface area contributed by atoms with Gasteiger partial charge in [-0.1, -0.05) is 0 Å². The molecule has 0 heterocycles. The molecule has 0 aromatic carbocycles. The first-order valence-electron chi connectivity index (χ1n) is 4.28. The summed E-state index contributed by atoms with van der Waals surface area (Å²) in [5, 5.41) is 8.85. The fraction of sp³-hybridized carbons (Fsp3) is 0.778. The number of carbonyl (C=O) groups excluding carboxylic acids is 2. The van der Waals surface area contributed by atoms with E-state index in [2.05, 4.69) is 0 Å². The van der Waals surface area contributed by atoms with E-state index in [9.17, 15) is 9.59 Å². The Morgan fingerprint density at radius 2 is 1.85 bits per heavy atom. The van der Waals surface area contributed by atoms with Gasteiger partial charge in [0.05, 0.1) is 12.5 Å². The molecule has 0 saturated carbocycles. The Balaban J connectivity index is 3.71. The van der Waals surface area contributed by atoms with Gasteiger partial charge in [0, 0.05) is 6.42 Å². The predicted molar refractivity (Wildman–Crippen MR) is 47.1 cm³/mol. The molecule has 4 heteroatoms. The monoisotopic (exact) mass is 188 g/mol.